The molecule has 1 aromatic heterocycles. The van der Waals surface area contributed by atoms with Crippen LogP contribution in [0, 0.1) is 5.82 Å². The Labute approximate surface area is 175 Å². The monoisotopic (exact) mass is 430 g/mol. The third-order valence-corrected chi connectivity index (χ3v) is 5.69. The first-order valence-electron chi connectivity index (χ1n) is 8.82. The van der Waals surface area contributed by atoms with Crippen molar-refractivity contribution in [1.29, 1.82) is 0 Å². The van der Waals surface area contributed by atoms with Crippen LogP contribution in [0.5, 0.6) is 5.75 Å². The van der Waals surface area contributed by atoms with Crippen LogP contribution >= 0.6 is 22.9 Å². The van der Waals surface area contributed by atoms with E-state index in [0.29, 0.717) is 22.0 Å². The molecule has 0 saturated carbocycles. The van der Waals surface area contributed by atoms with Crippen LogP contribution in [0.1, 0.15) is 16.5 Å². The van der Waals surface area contributed by atoms with Crippen LogP contribution in [0.3, 0.4) is 0 Å². The van der Waals surface area contributed by atoms with Gasteiger partial charge in [-0.05, 0) is 53.9 Å². The van der Waals surface area contributed by atoms with Gasteiger partial charge in [-0.15, -0.1) is 11.3 Å². The summed E-state index contributed by atoms with van der Waals surface area (Å²) in [6.07, 6.45) is 0. The Bertz CT molecular complexity index is 1040. The summed E-state index contributed by atoms with van der Waals surface area (Å²) in [6, 6.07) is 13.9. The van der Waals surface area contributed by atoms with Gasteiger partial charge in [0.25, 0.3) is 5.91 Å². The van der Waals surface area contributed by atoms with E-state index in [0.717, 1.165) is 4.88 Å². The number of fused-ring (bicyclic) bond motifs is 1. The second kappa shape index (κ2) is 8.23. The lowest BCUT2D eigenvalue weighted by molar-refractivity contribution is -0.138. The van der Waals surface area contributed by atoms with Crippen molar-refractivity contribution >= 4 is 40.4 Å². The molecule has 148 valence electrons. The van der Waals surface area contributed by atoms with E-state index in [1.165, 1.54) is 34.4 Å². The van der Waals surface area contributed by atoms with Crippen molar-refractivity contribution in [2.75, 3.05) is 18.5 Å². The molecule has 2 aromatic carbocycles. The Morgan fingerprint density at radius 3 is 2.76 bits per heavy atom. The molecule has 0 saturated heterocycles. The average Bonchev–Trinajstić information content (AvgIpc) is 3.18. The number of hydrogen-bond donors (Lipinski definition) is 1. The molecule has 0 spiro atoms. The second-order valence-corrected chi connectivity index (χ2v) is 7.88. The number of nitrogens with zero attached hydrogens (tertiary/aromatic N) is 1. The highest BCUT2D eigenvalue weighted by Crippen LogP contribution is 2.38. The van der Waals surface area contributed by atoms with Crippen LogP contribution < -0.4 is 10.1 Å². The molecule has 1 aliphatic heterocycles. The largest absolute Gasteiger partial charge is 0.484 e. The molecule has 2 heterocycles. The highest BCUT2D eigenvalue weighted by atomic mass is 35.5. The molecule has 0 bridgehead atoms. The number of carbonyl (C=O) groups excluding carboxylic acids is 2. The molecule has 1 atom stereocenters. The fraction of sp³-hybridized carbons (Fsp3) is 0.143. The molecule has 8 heteroatoms. The van der Waals surface area contributed by atoms with Crippen LogP contribution in [0.25, 0.3) is 0 Å². The fourth-order valence-electron chi connectivity index (χ4n) is 3.22. The van der Waals surface area contributed by atoms with Crippen LogP contribution in [-0.2, 0) is 9.59 Å². The maximum Gasteiger partial charge on any atom is 0.261 e. The van der Waals surface area contributed by atoms with Gasteiger partial charge in [-0.1, -0.05) is 17.7 Å². The number of halogens is 2. The van der Waals surface area contributed by atoms with Crippen molar-refractivity contribution in [3.8, 4) is 5.75 Å². The lowest BCUT2D eigenvalue weighted by atomic mass is 10.0. The number of anilines is 1. The Balaban J connectivity index is 1.66. The van der Waals surface area contributed by atoms with E-state index in [9.17, 15) is 14.0 Å². The van der Waals surface area contributed by atoms with Crippen LogP contribution in [-0.4, -0.2) is 29.9 Å². The molecule has 5 nitrogen and oxygen atoms in total. The Hall–Kier alpha value is -2.90. The van der Waals surface area contributed by atoms with Gasteiger partial charge in [0, 0.05) is 21.2 Å². The molecule has 0 fully saturated rings. The molecule has 2 amide bonds. The van der Waals surface area contributed by atoms with Gasteiger partial charge in [0.1, 0.15) is 18.1 Å². The number of hydrogen-bond acceptors (Lipinski definition) is 4. The molecule has 3 aromatic rings. The van der Waals surface area contributed by atoms with Gasteiger partial charge in [0.05, 0.1) is 6.04 Å². The Kier molecular flexibility index (Phi) is 5.51. The van der Waals surface area contributed by atoms with E-state index in [1.807, 2.05) is 17.5 Å². The molecular formula is C21H16ClFN2O3S. The van der Waals surface area contributed by atoms with Gasteiger partial charge in [0.2, 0.25) is 5.91 Å². The molecule has 1 aliphatic rings. The maximum atomic E-state index is 14.0. The molecule has 0 radical (unpaired) electrons. The van der Waals surface area contributed by atoms with E-state index in [2.05, 4.69) is 5.32 Å². The minimum atomic E-state index is -0.596. The summed E-state index contributed by atoms with van der Waals surface area (Å²) in [6.45, 7) is -0.427. The van der Waals surface area contributed by atoms with Crippen LogP contribution in [0.4, 0.5) is 10.1 Å². The zero-order chi connectivity index (χ0) is 20.4. The lowest BCUT2D eigenvalue weighted by Gasteiger charge is -2.29. The summed E-state index contributed by atoms with van der Waals surface area (Å²) in [5.74, 6) is -0.685. The van der Waals surface area contributed by atoms with E-state index < -0.39 is 11.9 Å². The highest BCUT2D eigenvalue weighted by molar-refractivity contribution is 7.10. The SMILES string of the molecule is O=C1CN(C(=O)COc2ccc(Cl)cc2)C(c2cccs2)c2cc(F)ccc2N1. The summed E-state index contributed by atoms with van der Waals surface area (Å²) in [5.41, 5.74) is 1.02. The average molecular weight is 431 g/mol. The predicted octanol–water partition coefficient (Wildman–Crippen LogP) is 4.49. The smallest absolute Gasteiger partial charge is 0.261 e. The number of ether oxygens (including phenoxy) is 1. The standard InChI is InChI=1S/C21H16ClFN2O3S/c22-13-3-6-15(7-4-13)28-12-20(27)25-11-19(26)24-17-8-5-14(23)10-16(17)21(25)18-2-1-9-29-18/h1-10,21H,11-12H2,(H,24,26). The fourth-order valence-corrected chi connectivity index (χ4v) is 4.20. The van der Waals surface area contributed by atoms with Crippen molar-refractivity contribution in [2.24, 2.45) is 0 Å². The molecule has 1 N–H and O–H groups in total. The van der Waals surface area contributed by atoms with Crippen LogP contribution in [0.15, 0.2) is 60.0 Å². The van der Waals surface area contributed by atoms with Crippen molar-refractivity contribution in [3.63, 3.8) is 0 Å². The summed E-state index contributed by atoms with van der Waals surface area (Å²) in [7, 11) is 0. The van der Waals surface area contributed by atoms with Gasteiger partial charge in [-0.2, -0.15) is 0 Å². The van der Waals surface area contributed by atoms with Gasteiger partial charge in [0.15, 0.2) is 6.61 Å². The minimum absolute atomic E-state index is 0.165. The van der Waals surface area contributed by atoms with E-state index in [-0.39, 0.29) is 25.0 Å². The van der Waals surface area contributed by atoms with E-state index >= 15 is 0 Å². The van der Waals surface area contributed by atoms with Gasteiger partial charge in [-0.3, -0.25) is 9.59 Å². The summed E-state index contributed by atoms with van der Waals surface area (Å²) in [4.78, 5) is 27.7. The number of thiophene rings is 1. The number of amides is 2. The minimum Gasteiger partial charge on any atom is -0.484 e. The van der Waals surface area contributed by atoms with Gasteiger partial charge >= 0.3 is 0 Å². The lowest BCUT2D eigenvalue weighted by Crippen LogP contribution is -2.41. The number of carbonyl (C=O) groups is 2. The number of nitrogens with one attached hydrogen (secondary N) is 1. The molecule has 4 rings (SSSR count). The zero-order valence-electron chi connectivity index (χ0n) is 15.1. The van der Waals surface area contributed by atoms with Crippen molar-refractivity contribution in [1.82, 2.24) is 4.90 Å². The molecule has 1 unspecified atom stereocenters. The quantitative estimate of drug-likeness (QED) is 0.663. The van der Waals surface area contributed by atoms with Crippen molar-refractivity contribution in [2.45, 2.75) is 6.04 Å². The molecule has 0 aliphatic carbocycles. The summed E-state index contributed by atoms with van der Waals surface area (Å²) >= 11 is 7.30. The van der Waals surface area contributed by atoms with Gasteiger partial charge < -0.3 is 15.0 Å². The Morgan fingerprint density at radius 1 is 1.24 bits per heavy atom. The maximum absolute atomic E-state index is 14.0. The first-order chi connectivity index (χ1) is 14.0. The third kappa shape index (κ3) is 4.26. The number of rotatable bonds is 4. The van der Waals surface area contributed by atoms with E-state index in [4.69, 9.17) is 16.3 Å². The Morgan fingerprint density at radius 2 is 2.03 bits per heavy atom. The predicted molar refractivity (Wildman–Crippen MR) is 110 cm³/mol. The van der Waals surface area contributed by atoms with Gasteiger partial charge in [-0.25, -0.2) is 4.39 Å². The molecular weight excluding hydrogens is 415 g/mol. The summed E-state index contributed by atoms with van der Waals surface area (Å²) in [5, 5.41) is 5.19. The second-order valence-electron chi connectivity index (χ2n) is 6.46. The third-order valence-electron chi connectivity index (χ3n) is 4.52. The van der Waals surface area contributed by atoms with Crippen LogP contribution in [0.2, 0.25) is 5.02 Å². The first kappa shape index (κ1) is 19.4. The van der Waals surface area contributed by atoms with Crippen molar-refractivity contribution in [3.05, 3.63) is 81.3 Å². The normalized spacial score (nSPS) is 16.0. The molecule has 29 heavy (non-hydrogen) atoms. The zero-order valence-corrected chi connectivity index (χ0v) is 16.7. The summed E-state index contributed by atoms with van der Waals surface area (Å²) < 4.78 is 19.6. The highest BCUT2D eigenvalue weighted by Gasteiger charge is 2.34. The van der Waals surface area contributed by atoms with E-state index in [1.54, 1.807) is 24.3 Å². The first-order valence-corrected chi connectivity index (χ1v) is 10.1. The van der Waals surface area contributed by atoms with Crippen molar-refractivity contribution < 1.29 is 18.7 Å². The topological polar surface area (TPSA) is 58.6 Å². The number of benzene rings is 2.